The number of methoxy groups -OCH3 is 1. The molecule has 0 aliphatic heterocycles. The lowest BCUT2D eigenvalue weighted by molar-refractivity contribution is 0.104. The molecule has 116 valence electrons. The number of hydrogen-bond acceptors (Lipinski definition) is 5. The molecule has 0 aliphatic rings. The SMILES string of the molecule is COc1cccc(/C(O)=C/C(=O)c2cc3ccoc3cc2O)c1. The normalized spacial score (nSPS) is 11.6. The first kappa shape index (κ1) is 14.7. The number of aromatic hydroxyl groups is 1. The van der Waals surface area contributed by atoms with E-state index in [9.17, 15) is 15.0 Å². The molecule has 1 heterocycles. The molecule has 0 aliphatic carbocycles. The Morgan fingerprint density at radius 1 is 1.22 bits per heavy atom. The molecule has 2 N–H and O–H groups in total. The minimum atomic E-state index is -0.508. The number of hydrogen-bond donors (Lipinski definition) is 2. The molecule has 0 unspecified atom stereocenters. The zero-order valence-electron chi connectivity index (χ0n) is 12.3. The molecule has 23 heavy (non-hydrogen) atoms. The fourth-order valence-electron chi connectivity index (χ4n) is 2.26. The summed E-state index contributed by atoms with van der Waals surface area (Å²) in [6.07, 6.45) is 2.54. The van der Waals surface area contributed by atoms with Gasteiger partial charge in [-0.05, 0) is 24.3 Å². The number of furan rings is 1. The van der Waals surface area contributed by atoms with E-state index < -0.39 is 5.78 Å². The van der Waals surface area contributed by atoms with Crippen LogP contribution >= 0.6 is 0 Å². The van der Waals surface area contributed by atoms with Crippen LogP contribution in [0.4, 0.5) is 0 Å². The van der Waals surface area contributed by atoms with Crippen LogP contribution in [0.15, 0.2) is 59.2 Å². The van der Waals surface area contributed by atoms with Crippen molar-refractivity contribution < 1.29 is 24.2 Å². The Labute approximate surface area is 132 Å². The van der Waals surface area contributed by atoms with Gasteiger partial charge in [-0.3, -0.25) is 4.79 Å². The molecule has 0 amide bonds. The molecule has 0 spiro atoms. The molecule has 3 rings (SSSR count). The number of aliphatic hydroxyl groups excluding tert-OH is 1. The van der Waals surface area contributed by atoms with Crippen molar-refractivity contribution in [2.24, 2.45) is 0 Å². The molecule has 0 saturated heterocycles. The fraction of sp³-hybridized carbons (Fsp3) is 0.0556. The average molecular weight is 310 g/mol. The molecule has 0 bridgehead atoms. The van der Waals surface area contributed by atoms with Crippen LogP contribution in [-0.2, 0) is 0 Å². The van der Waals surface area contributed by atoms with Crippen molar-refractivity contribution >= 4 is 22.5 Å². The zero-order chi connectivity index (χ0) is 16.4. The van der Waals surface area contributed by atoms with Gasteiger partial charge in [0.2, 0.25) is 0 Å². The van der Waals surface area contributed by atoms with Crippen LogP contribution in [0, 0.1) is 0 Å². The number of aliphatic hydroxyl groups is 1. The molecule has 0 radical (unpaired) electrons. The number of carbonyl (C=O) groups is 1. The van der Waals surface area contributed by atoms with E-state index in [0.717, 1.165) is 6.08 Å². The Morgan fingerprint density at radius 2 is 2.04 bits per heavy atom. The monoisotopic (exact) mass is 310 g/mol. The van der Waals surface area contributed by atoms with E-state index in [1.807, 2.05) is 0 Å². The highest BCUT2D eigenvalue weighted by atomic mass is 16.5. The zero-order valence-corrected chi connectivity index (χ0v) is 12.3. The summed E-state index contributed by atoms with van der Waals surface area (Å²) in [5.41, 5.74) is 1.02. The number of ketones is 1. The Hall–Kier alpha value is -3.21. The highest BCUT2D eigenvalue weighted by Crippen LogP contribution is 2.27. The second-order valence-electron chi connectivity index (χ2n) is 4.95. The second-order valence-corrected chi connectivity index (χ2v) is 4.95. The molecular formula is C18H14O5. The summed E-state index contributed by atoms with van der Waals surface area (Å²) in [5, 5.41) is 20.8. The molecular weight excluding hydrogens is 296 g/mol. The summed E-state index contributed by atoms with van der Waals surface area (Å²) in [6.45, 7) is 0. The first-order valence-electron chi connectivity index (χ1n) is 6.88. The molecule has 5 nitrogen and oxygen atoms in total. The topological polar surface area (TPSA) is 79.9 Å². The Morgan fingerprint density at radius 3 is 2.83 bits per heavy atom. The van der Waals surface area contributed by atoms with Crippen LogP contribution in [0.5, 0.6) is 11.5 Å². The Balaban J connectivity index is 1.96. The van der Waals surface area contributed by atoms with Gasteiger partial charge in [0.05, 0.1) is 18.9 Å². The Bertz CT molecular complexity index is 905. The van der Waals surface area contributed by atoms with Crippen LogP contribution in [0.1, 0.15) is 15.9 Å². The van der Waals surface area contributed by atoms with E-state index in [1.54, 1.807) is 30.3 Å². The van der Waals surface area contributed by atoms with Gasteiger partial charge in [-0.15, -0.1) is 0 Å². The number of ether oxygens (including phenoxy) is 1. The molecule has 3 aromatic rings. The lowest BCUT2D eigenvalue weighted by atomic mass is 10.0. The molecule has 1 aromatic heterocycles. The van der Waals surface area contributed by atoms with Crippen molar-refractivity contribution in [1.29, 1.82) is 0 Å². The number of allylic oxidation sites excluding steroid dienone is 1. The standard InChI is InChI=1S/C18H14O5/c1-22-13-4-2-3-11(7-13)15(19)9-16(20)14-8-12-5-6-23-18(12)10-17(14)21/h2-10,19,21H,1H3/b15-9-. The molecule has 0 fully saturated rings. The van der Waals surface area contributed by atoms with Crippen molar-refractivity contribution in [3.63, 3.8) is 0 Å². The van der Waals surface area contributed by atoms with E-state index in [4.69, 9.17) is 9.15 Å². The number of rotatable bonds is 4. The first-order chi connectivity index (χ1) is 11.1. The van der Waals surface area contributed by atoms with Crippen LogP contribution in [-0.4, -0.2) is 23.1 Å². The van der Waals surface area contributed by atoms with E-state index in [-0.39, 0.29) is 17.1 Å². The van der Waals surface area contributed by atoms with Crippen molar-refractivity contribution in [2.45, 2.75) is 0 Å². The maximum Gasteiger partial charge on any atom is 0.193 e. The number of phenols is 1. The van der Waals surface area contributed by atoms with E-state index in [2.05, 4.69) is 0 Å². The second kappa shape index (κ2) is 5.88. The van der Waals surface area contributed by atoms with Crippen LogP contribution < -0.4 is 4.74 Å². The third-order valence-electron chi connectivity index (χ3n) is 3.47. The summed E-state index contributed by atoms with van der Waals surface area (Å²) in [4.78, 5) is 12.3. The summed E-state index contributed by atoms with van der Waals surface area (Å²) in [7, 11) is 1.52. The smallest absolute Gasteiger partial charge is 0.193 e. The van der Waals surface area contributed by atoms with Crippen LogP contribution in [0.2, 0.25) is 0 Å². The van der Waals surface area contributed by atoms with Gasteiger partial charge in [0.1, 0.15) is 22.8 Å². The largest absolute Gasteiger partial charge is 0.507 e. The van der Waals surface area contributed by atoms with Gasteiger partial charge in [0.25, 0.3) is 0 Å². The third kappa shape index (κ3) is 2.89. The maximum absolute atomic E-state index is 12.3. The summed E-state index contributed by atoms with van der Waals surface area (Å²) >= 11 is 0. The number of phenolic OH excluding ortho intramolecular Hbond substituents is 1. The molecule has 0 atom stereocenters. The van der Waals surface area contributed by atoms with Crippen molar-refractivity contribution in [2.75, 3.05) is 7.11 Å². The Kier molecular flexibility index (Phi) is 3.76. The lowest BCUT2D eigenvalue weighted by Gasteiger charge is -2.05. The third-order valence-corrected chi connectivity index (χ3v) is 3.47. The fourth-order valence-corrected chi connectivity index (χ4v) is 2.26. The minimum absolute atomic E-state index is 0.0911. The molecule has 5 heteroatoms. The summed E-state index contributed by atoms with van der Waals surface area (Å²) in [5.74, 6) is -0.351. The highest BCUT2D eigenvalue weighted by Gasteiger charge is 2.13. The van der Waals surface area contributed by atoms with Crippen LogP contribution in [0.25, 0.3) is 16.7 Å². The van der Waals surface area contributed by atoms with Crippen molar-refractivity contribution in [3.8, 4) is 11.5 Å². The van der Waals surface area contributed by atoms with E-state index >= 15 is 0 Å². The number of fused-ring (bicyclic) bond motifs is 1. The first-order valence-corrected chi connectivity index (χ1v) is 6.88. The van der Waals surface area contributed by atoms with E-state index in [1.165, 1.54) is 25.5 Å². The maximum atomic E-state index is 12.3. The van der Waals surface area contributed by atoms with Crippen LogP contribution in [0.3, 0.4) is 0 Å². The number of carbonyl (C=O) groups excluding carboxylic acids is 1. The van der Waals surface area contributed by atoms with Gasteiger partial charge in [-0.25, -0.2) is 0 Å². The summed E-state index contributed by atoms with van der Waals surface area (Å²) < 4.78 is 10.2. The number of benzene rings is 2. The van der Waals surface area contributed by atoms with Gasteiger partial charge in [-0.1, -0.05) is 12.1 Å². The van der Waals surface area contributed by atoms with Gasteiger partial charge in [0, 0.05) is 23.1 Å². The van der Waals surface area contributed by atoms with Crippen molar-refractivity contribution in [3.05, 3.63) is 65.9 Å². The van der Waals surface area contributed by atoms with Gasteiger partial charge in [-0.2, -0.15) is 0 Å². The minimum Gasteiger partial charge on any atom is -0.507 e. The average Bonchev–Trinajstić information content (AvgIpc) is 3.01. The molecule has 2 aromatic carbocycles. The molecule has 0 saturated carbocycles. The predicted molar refractivity (Wildman–Crippen MR) is 85.8 cm³/mol. The predicted octanol–water partition coefficient (Wildman–Crippen LogP) is 3.93. The lowest BCUT2D eigenvalue weighted by Crippen LogP contribution is -1.97. The highest BCUT2D eigenvalue weighted by molar-refractivity contribution is 6.11. The van der Waals surface area contributed by atoms with E-state index in [0.29, 0.717) is 22.3 Å². The quantitative estimate of drug-likeness (QED) is 0.433. The van der Waals surface area contributed by atoms with Crippen molar-refractivity contribution in [1.82, 2.24) is 0 Å². The van der Waals surface area contributed by atoms with Gasteiger partial charge in [0.15, 0.2) is 5.78 Å². The van der Waals surface area contributed by atoms with Gasteiger partial charge < -0.3 is 19.4 Å². The van der Waals surface area contributed by atoms with Gasteiger partial charge >= 0.3 is 0 Å². The summed E-state index contributed by atoms with van der Waals surface area (Å²) in [6, 6.07) is 11.3.